The first-order valence-corrected chi connectivity index (χ1v) is 10.4. The van der Waals surface area contributed by atoms with Crippen molar-refractivity contribution in [3.05, 3.63) is 35.9 Å². The van der Waals surface area contributed by atoms with Gasteiger partial charge in [-0.05, 0) is 38.8 Å². The number of carbonyl (C=O) groups is 2. The first-order valence-electron chi connectivity index (χ1n) is 10.4. The molecule has 2 aliphatic heterocycles. The molecule has 1 aromatic rings. The highest BCUT2D eigenvalue weighted by atomic mass is 16.5. The average Bonchev–Trinajstić information content (AvgIpc) is 2.68. The van der Waals surface area contributed by atoms with E-state index in [1.807, 2.05) is 26.8 Å². The second-order valence-electron chi connectivity index (χ2n) is 8.29. The second-order valence-corrected chi connectivity index (χ2v) is 8.29. The van der Waals surface area contributed by atoms with Crippen LogP contribution in [0.1, 0.15) is 45.6 Å². The molecule has 1 N–H and O–H groups in total. The molecular weight excluding hydrogens is 354 g/mol. The normalized spacial score (nSPS) is 27.4. The number of rotatable bonds is 6. The highest BCUT2D eigenvalue weighted by Crippen LogP contribution is 2.28. The van der Waals surface area contributed by atoms with Crippen molar-refractivity contribution in [1.82, 2.24) is 15.1 Å². The average molecular weight is 388 g/mol. The van der Waals surface area contributed by atoms with Gasteiger partial charge < -0.3 is 10.1 Å². The second kappa shape index (κ2) is 9.05. The van der Waals surface area contributed by atoms with Gasteiger partial charge in [0.1, 0.15) is 12.1 Å². The van der Waals surface area contributed by atoms with Crippen LogP contribution in [-0.2, 0) is 20.9 Å². The molecule has 6 heteroatoms. The van der Waals surface area contributed by atoms with Crippen LogP contribution in [0.4, 0.5) is 0 Å². The molecule has 0 aromatic heterocycles. The Morgan fingerprint density at radius 2 is 1.93 bits per heavy atom. The van der Waals surface area contributed by atoms with Crippen molar-refractivity contribution >= 4 is 11.9 Å². The SMILES string of the molecule is CCN1C(C)COC(=O)C1(C)CC(=O)NC1CCN(Cc2ccccc2)CC1. The van der Waals surface area contributed by atoms with Crippen LogP contribution in [0.25, 0.3) is 0 Å². The highest BCUT2D eigenvalue weighted by molar-refractivity contribution is 5.89. The van der Waals surface area contributed by atoms with Gasteiger partial charge in [-0.3, -0.25) is 19.4 Å². The topological polar surface area (TPSA) is 61.9 Å². The molecule has 2 fully saturated rings. The lowest BCUT2D eigenvalue weighted by Crippen LogP contribution is -2.63. The number of carbonyl (C=O) groups excluding carboxylic acids is 2. The number of likely N-dealkylation sites (tertiary alicyclic amines) is 1. The molecule has 0 bridgehead atoms. The van der Waals surface area contributed by atoms with Crippen LogP contribution < -0.4 is 5.32 Å². The summed E-state index contributed by atoms with van der Waals surface area (Å²) >= 11 is 0. The molecule has 6 nitrogen and oxygen atoms in total. The molecule has 2 atom stereocenters. The Labute approximate surface area is 168 Å². The van der Waals surface area contributed by atoms with Gasteiger partial charge in [-0.15, -0.1) is 0 Å². The van der Waals surface area contributed by atoms with Crippen LogP contribution in [0, 0.1) is 0 Å². The zero-order valence-electron chi connectivity index (χ0n) is 17.3. The van der Waals surface area contributed by atoms with Crippen LogP contribution in [0.3, 0.4) is 0 Å². The minimum absolute atomic E-state index is 0.0616. The van der Waals surface area contributed by atoms with Gasteiger partial charge in [0.15, 0.2) is 0 Å². The molecule has 1 amide bonds. The minimum atomic E-state index is -0.884. The smallest absolute Gasteiger partial charge is 0.326 e. The number of nitrogens with one attached hydrogen (secondary N) is 1. The van der Waals surface area contributed by atoms with Crippen LogP contribution in [0.2, 0.25) is 0 Å². The number of amides is 1. The molecule has 28 heavy (non-hydrogen) atoms. The van der Waals surface area contributed by atoms with Crippen molar-refractivity contribution in [2.24, 2.45) is 0 Å². The number of piperidine rings is 1. The van der Waals surface area contributed by atoms with Gasteiger partial charge in [-0.1, -0.05) is 37.3 Å². The molecule has 0 saturated carbocycles. The van der Waals surface area contributed by atoms with Crippen molar-refractivity contribution in [3.8, 4) is 0 Å². The lowest BCUT2D eigenvalue weighted by molar-refractivity contribution is -0.175. The van der Waals surface area contributed by atoms with Crippen LogP contribution in [-0.4, -0.2) is 65.5 Å². The summed E-state index contributed by atoms with van der Waals surface area (Å²) in [5, 5.41) is 3.16. The maximum Gasteiger partial charge on any atom is 0.326 e. The van der Waals surface area contributed by atoms with E-state index in [2.05, 4.69) is 39.4 Å². The fourth-order valence-electron chi connectivity index (χ4n) is 4.55. The molecule has 1 aromatic carbocycles. The zero-order valence-corrected chi connectivity index (χ0v) is 17.3. The van der Waals surface area contributed by atoms with E-state index in [1.165, 1.54) is 5.56 Å². The van der Waals surface area contributed by atoms with E-state index in [-0.39, 0.29) is 30.4 Å². The molecule has 154 valence electrons. The molecule has 0 aliphatic carbocycles. The van der Waals surface area contributed by atoms with Crippen molar-refractivity contribution < 1.29 is 14.3 Å². The van der Waals surface area contributed by atoms with Gasteiger partial charge in [0.2, 0.25) is 5.91 Å². The lowest BCUT2D eigenvalue weighted by atomic mass is 9.91. The number of benzene rings is 1. The number of ether oxygens (including phenoxy) is 1. The fraction of sp³-hybridized carbons (Fsp3) is 0.636. The lowest BCUT2D eigenvalue weighted by Gasteiger charge is -2.45. The number of morpholine rings is 1. The fourth-order valence-corrected chi connectivity index (χ4v) is 4.55. The number of hydrogen-bond acceptors (Lipinski definition) is 5. The monoisotopic (exact) mass is 387 g/mol. The first kappa shape index (κ1) is 20.8. The molecule has 0 radical (unpaired) electrons. The summed E-state index contributed by atoms with van der Waals surface area (Å²) < 4.78 is 5.33. The number of esters is 1. The van der Waals surface area contributed by atoms with Gasteiger partial charge in [0.25, 0.3) is 0 Å². The molecule has 3 rings (SSSR count). The zero-order chi connectivity index (χ0) is 20.1. The summed E-state index contributed by atoms with van der Waals surface area (Å²) in [4.78, 5) is 29.6. The Hall–Kier alpha value is -1.92. The van der Waals surface area contributed by atoms with Crippen LogP contribution in [0.5, 0.6) is 0 Å². The first-order chi connectivity index (χ1) is 13.4. The summed E-state index contributed by atoms with van der Waals surface area (Å²) in [6.07, 6.45) is 2.02. The molecule has 2 aliphatic rings. The van der Waals surface area contributed by atoms with Crippen LogP contribution in [0.15, 0.2) is 30.3 Å². The van der Waals surface area contributed by atoms with Gasteiger partial charge in [0.05, 0.1) is 6.42 Å². The van der Waals surface area contributed by atoms with Crippen molar-refractivity contribution in [3.63, 3.8) is 0 Å². The van der Waals surface area contributed by atoms with E-state index in [1.54, 1.807) is 0 Å². The third-order valence-corrected chi connectivity index (χ3v) is 6.11. The van der Waals surface area contributed by atoms with Crippen molar-refractivity contribution in [2.45, 2.75) is 64.2 Å². The Morgan fingerprint density at radius 1 is 1.25 bits per heavy atom. The van der Waals surface area contributed by atoms with E-state index < -0.39 is 5.54 Å². The summed E-state index contributed by atoms with van der Waals surface area (Å²) in [7, 11) is 0. The standard InChI is InChI=1S/C22H33N3O3/c1-4-25-17(2)16-28-21(27)22(25,3)14-20(26)23-19-10-12-24(13-11-19)15-18-8-6-5-7-9-18/h5-9,17,19H,4,10-16H2,1-3H3,(H,23,26). The Kier molecular flexibility index (Phi) is 6.73. The number of nitrogens with zero attached hydrogens (tertiary/aromatic N) is 2. The summed E-state index contributed by atoms with van der Waals surface area (Å²) in [6.45, 7) is 9.89. The van der Waals surface area contributed by atoms with Gasteiger partial charge >= 0.3 is 5.97 Å². The highest BCUT2D eigenvalue weighted by Gasteiger charge is 2.47. The van der Waals surface area contributed by atoms with E-state index in [0.717, 1.165) is 39.0 Å². The third kappa shape index (κ3) is 4.73. The molecule has 2 unspecified atom stereocenters. The molecule has 2 heterocycles. The predicted octanol–water partition coefficient (Wildman–Crippen LogP) is 2.18. The maximum atomic E-state index is 12.7. The van der Waals surface area contributed by atoms with E-state index in [9.17, 15) is 9.59 Å². The van der Waals surface area contributed by atoms with Gasteiger partial charge in [-0.25, -0.2) is 0 Å². The van der Waals surface area contributed by atoms with Crippen LogP contribution >= 0.6 is 0 Å². The summed E-state index contributed by atoms with van der Waals surface area (Å²) in [6, 6.07) is 10.8. The Morgan fingerprint density at radius 3 is 2.57 bits per heavy atom. The maximum absolute atomic E-state index is 12.7. The van der Waals surface area contributed by atoms with Crippen molar-refractivity contribution in [2.75, 3.05) is 26.2 Å². The molecule has 2 saturated heterocycles. The Bertz CT molecular complexity index is 673. The van der Waals surface area contributed by atoms with Gasteiger partial charge in [0, 0.05) is 31.7 Å². The largest absolute Gasteiger partial charge is 0.463 e. The predicted molar refractivity (Wildman–Crippen MR) is 109 cm³/mol. The number of likely N-dealkylation sites (N-methyl/N-ethyl adjacent to an activating group) is 1. The molecule has 0 spiro atoms. The van der Waals surface area contributed by atoms with E-state index in [0.29, 0.717) is 6.61 Å². The number of hydrogen-bond donors (Lipinski definition) is 1. The number of cyclic esters (lactones) is 1. The van der Waals surface area contributed by atoms with E-state index in [4.69, 9.17) is 4.74 Å². The Balaban J connectivity index is 1.49. The summed E-state index contributed by atoms with van der Waals surface area (Å²) in [5.74, 6) is -0.353. The van der Waals surface area contributed by atoms with Gasteiger partial charge in [-0.2, -0.15) is 0 Å². The third-order valence-electron chi connectivity index (χ3n) is 6.11. The van der Waals surface area contributed by atoms with Crippen molar-refractivity contribution in [1.29, 1.82) is 0 Å². The minimum Gasteiger partial charge on any atom is -0.463 e. The van der Waals surface area contributed by atoms with E-state index >= 15 is 0 Å². The quantitative estimate of drug-likeness (QED) is 0.758. The molecular formula is C22H33N3O3. The summed E-state index contributed by atoms with van der Waals surface area (Å²) in [5.41, 5.74) is 0.437.